The normalized spacial score (nSPS) is 10.9. The predicted octanol–water partition coefficient (Wildman–Crippen LogP) is 5.67. The second-order valence-corrected chi connectivity index (χ2v) is 7.40. The molecule has 0 amide bonds. The van der Waals surface area contributed by atoms with Crippen molar-refractivity contribution >= 4 is 50.4 Å². The van der Waals surface area contributed by atoms with Gasteiger partial charge in [-0.05, 0) is 39.6 Å². The molecule has 0 aromatic carbocycles. The van der Waals surface area contributed by atoms with Gasteiger partial charge < -0.3 is 0 Å². The molecule has 86 valence electrons. The van der Waals surface area contributed by atoms with Crippen LogP contribution in [0.5, 0.6) is 0 Å². The molecule has 2 heterocycles. The van der Waals surface area contributed by atoms with E-state index in [0.29, 0.717) is 0 Å². The summed E-state index contributed by atoms with van der Waals surface area (Å²) in [5.41, 5.74) is 0. The summed E-state index contributed by atoms with van der Waals surface area (Å²) in [6.07, 6.45) is 2.31. The molecule has 2 aromatic rings. The fraction of sp³-hybridized carbons (Fsp3) is 0.333. The lowest BCUT2D eigenvalue weighted by Crippen LogP contribution is -1.84. The molecule has 0 fully saturated rings. The molecule has 0 N–H and O–H groups in total. The van der Waals surface area contributed by atoms with Gasteiger partial charge in [0, 0.05) is 30.9 Å². The Morgan fingerprint density at radius 1 is 1.38 bits per heavy atom. The minimum absolute atomic E-state index is 1.08. The molecule has 0 atom stereocenters. The summed E-state index contributed by atoms with van der Waals surface area (Å²) in [6.45, 7) is 2.23. The molecule has 0 bridgehead atoms. The molecule has 4 heteroatoms. The second kappa shape index (κ2) is 6.24. The second-order valence-electron chi connectivity index (χ2n) is 3.44. The standard InChI is InChI=1S/C12H13BrS3/c1-2-5-15-12-10(13)8-16-11(12)7-9-4-3-6-14-9/h3-4,6,8H,2,5,7H2,1H3. The zero-order valence-corrected chi connectivity index (χ0v) is 13.1. The highest BCUT2D eigenvalue weighted by molar-refractivity contribution is 9.10. The number of thiophene rings is 2. The van der Waals surface area contributed by atoms with Crippen molar-refractivity contribution in [1.29, 1.82) is 0 Å². The molecule has 2 aromatic heterocycles. The summed E-state index contributed by atoms with van der Waals surface area (Å²) in [6, 6.07) is 4.34. The fourth-order valence-corrected chi connectivity index (χ4v) is 5.27. The maximum atomic E-state index is 3.64. The number of halogens is 1. The Kier molecular flexibility index (Phi) is 4.95. The number of hydrogen-bond donors (Lipinski definition) is 0. The molecule has 0 spiro atoms. The monoisotopic (exact) mass is 332 g/mol. The van der Waals surface area contributed by atoms with Gasteiger partial charge in [-0.15, -0.1) is 34.4 Å². The van der Waals surface area contributed by atoms with Crippen LogP contribution < -0.4 is 0 Å². The zero-order chi connectivity index (χ0) is 11.4. The Bertz CT molecular complexity index is 431. The van der Waals surface area contributed by atoms with Crippen LogP contribution in [0.2, 0.25) is 0 Å². The van der Waals surface area contributed by atoms with E-state index in [4.69, 9.17) is 0 Å². The van der Waals surface area contributed by atoms with Gasteiger partial charge in [-0.2, -0.15) is 0 Å². The van der Waals surface area contributed by atoms with Gasteiger partial charge in [-0.3, -0.25) is 0 Å². The van der Waals surface area contributed by atoms with E-state index in [2.05, 4.69) is 45.7 Å². The Morgan fingerprint density at radius 3 is 2.94 bits per heavy atom. The SMILES string of the molecule is CCCSc1c(Br)csc1Cc1cccs1. The van der Waals surface area contributed by atoms with Crippen molar-refractivity contribution in [3.63, 3.8) is 0 Å². The molecule has 0 unspecified atom stereocenters. The van der Waals surface area contributed by atoms with Gasteiger partial charge in [0.15, 0.2) is 0 Å². The van der Waals surface area contributed by atoms with Gasteiger partial charge in [-0.25, -0.2) is 0 Å². The van der Waals surface area contributed by atoms with E-state index in [-0.39, 0.29) is 0 Å². The van der Waals surface area contributed by atoms with Gasteiger partial charge >= 0.3 is 0 Å². The third-order valence-electron chi connectivity index (χ3n) is 2.14. The minimum atomic E-state index is 1.08. The first kappa shape index (κ1) is 12.7. The van der Waals surface area contributed by atoms with Crippen molar-refractivity contribution < 1.29 is 0 Å². The molecular weight excluding hydrogens is 320 g/mol. The lowest BCUT2D eigenvalue weighted by molar-refractivity contribution is 1.10. The van der Waals surface area contributed by atoms with Crippen LogP contribution in [0.15, 0.2) is 32.3 Å². The first-order valence-corrected chi connectivity index (χ1v) is 8.76. The van der Waals surface area contributed by atoms with Crippen LogP contribution in [-0.2, 0) is 6.42 Å². The minimum Gasteiger partial charge on any atom is -0.149 e. The first-order valence-electron chi connectivity index (χ1n) is 5.22. The summed E-state index contributed by atoms with van der Waals surface area (Å²) in [5, 5.41) is 4.36. The van der Waals surface area contributed by atoms with Crippen LogP contribution in [0.25, 0.3) is 0 Å². The van der Waals surface area contributed by atoms with E-state index in [1.807, 2.05) is 34.4 Å². The average molecular weight is 333 g/mol. The van der Waals surface area contributed by atoms with Gasteiger partial charge in [0.05, 0.1) is 0 Å². The Labute approximate surface area is 117 Å². The molecule has 2 rings (SSSR count). The van der Waals surface area contributed by atoms with Crippen molar-refractivity contribution in [3.8, 4) is 0 Å². The van der Waals surface area contributed by atoms with Crippen molar-refractivity contribution in [2.24, 2.45) is 0 Å². The van der Waals surface area contributed by atoms with Crippen molar-refractivity contribution in [1.82, 2.24) is 0 Å². The van der Waals surface area contributed by atoms with Crippen LogP contribution in [0, 0.1) is 0 Å². The predicted molar refractivity (Wildman–Crippen MR) is 80.2 cm³/mol. The number of thioether (sulfide) groups is 1. The molecule has 16 heavy (non-hydrogen) atoms. The van der Waals surface area contributed by atoms with Crippen LogP contribution in [0.1, 0.15) is 23.1 Å². The molecule has 0 aliphatic carbocycles. The third kappa shape index (κ3) is 3.13. The van der Waals surface area contributed by atoms with E-state index in [9.17, 15) is 0 Å². The maximum absolute atomic E-state index is 3.64. The van der Waals surface area contributed by atoms with Crippen LogP contribution >= 0.6 is 50.4 Å². The van der Waals surface area contributed by atoms with E-state index < -0.39 is 0 Å². The summed E-state index contributed by atoms with van der Waals surface area (Å²) in [7, 11) is 0. The molecule has 0 radical (unpaired) electrons. The topological polar surface area (TPSA) is 0 Å². The molecule has 0 aliphatic heterocycles. The van der Waals surface area contributed by atoms with Gasteiger partial charge in [-0.1, -0.05) is 13.0 Å². The quantitative estimate of drug-likeness (QED) is 0.636. The van der Waals surface area contributed by atoms with Crippen molar-refractivity contribution in [2.45, 2.75) is 24.7 Å². The third-order valence-corrected chi connectivity index (χ3v) is 6.69. The van der Waals surface area contributed by atoms with E-state index in [1.54, 1.807) is 0 Å². The van der Waals surface area contributed by atoms with E-state index in [0.717, 1.165) is 6.42 Å². The smallest absolute Gasteiger partial charge is 0.0421 e. The number of rotatable bonds is 5. The Hall–Kier alpha value is 0.230. The molecule has 0 aliphatic rings. The van der Waals surface area contributed by atoms with Crippen LogP contribution in [0.3, 0.4) is 0 Å². The van der Waals surface area contributed by atoms with E-state index in [1.165, 1.54) is 31.3 Å². The molecule has 0 saturated heterocycles. The summed E-state index contributed by atoms with van der Waals surface area (Å²) in [5.74, 6) is 1.20. The summed E-state index contributed by atoms with van der Waals surface area (Å²) < 4.78 is 1.27. The van der Waals surface area contributed by atoms with Crippen LogP contribution in [0.4, 0.5) is 0 Å². The van der Waals surface area contributed by atoms with E-state index >= 15 is 0 Å². The molecular formula is C12H13BrS3. The largest absolute Gasteiger partial charge is 0.149 e. The fourth-order valence-electron chi connectivity index (χ4n) is 1.41. The van der Waals surface area contributed by atoms with Gasteiger partial charge in [0.2, 0.25) is 0 Å². The Morgan fingerprint density at radius 2 is 2.25 bits per heavy atom. The summed E-state index contributed by atoms with van der Waals surface area (Å²) in [4.78, 5) is 4.39. The van der Waals surface area contributed by atoms with Gasteiger partial charge in [0.1, 0.15) is 0 Å². The Balaban J connectivity index is 2.14. The molecule has 0 nitrogen and oxygen atoms in total. The summed E-state index contributed by atoms with van der Waals surface area (Å²) >= 11 is 9.32. The number of hydrogen-bond acceptors (Lipinski definition) is 3. The maximum Gasteiger partial charge on any atom is 0.0421 e. The van der Waals surface area contributed by atoms with Crippen LogP contribution in [-0.4, -0.2) is 5.75 Å². The lowest BCUT2D eigenvalue weighted by Gasteiger charge is -2.02. The highest BCUT2D eigenvalue weighted by Crippen LogP contribution is 2.37. The highest BCUT2D eigenvalue weighted by Gasteiger charge is 2.11. The van der Waals surface area contributed by atoms with Crippen molar-refractivity contribution in [2.75, 3.05) is 5.75 Å². The van der Waals surface area contributed by atoms with Crippen molar-refractivity contribution in [3.05, 3.63) is 37.1 Å². The molecule has 0 saturated carbocycles. The van der Waals surface area contributed by atoms with Gasteiger partial charge in [0.25, 0.3) is 0 Å². The lowest BCUT2D eigenvalue weighted by atomic mass is 10.3. The average Bonchev–Trinajstić information content (AvgIpc) is 2.88. The zero-order valence-electron chi connectivity index (χ0n) is 9.03. The highest BCUT2D eigenvalue weighted by atomic mass is 79.9. The first-order chi connectivity index (χ1) is 7.81.